The van der Waals surface area contributed by atoms with Crippen LogP contribution in [0, 0.1) is 0 Å². The molecule has 38 heavy (non-hydrogen) atoms. The van der Waals surface area contributed by atoms with Crippen molar-refractivity contribution in [1.29, 1.82) is 0 Å². The van der Waals surface area contributed by atoms with Crippen molar-refractivity contribution in [2.45, 2.75) is 43.6 Å². The molecule has 0 spiro atoms. The fourth-order valence-electron chi connectivity index (χ4n) is 6.20. The number of hydrogen-bond acceptors (Lipinski definition) is 5. The summed E-state index contributed by atoms with van der Waals surface area (Å²) in [4.78, 5) is 16.8. The first-order chi connectivity index (χ1) is 18.4. The van der Waals surface area contributed by atoms with E-state index in [1.165, 1.54) is 0 Å². The smallest absolute Gasteiger partial charge is 0.234 e. The predicted octanol–water partition coefficient (Wildman–Crippen LogP) is 6.36. The molecule has 5 rings (SSSR count). The second-order valence-corrected chi connectivity index (χ2v) is 10.4. The Morgan fingerprint density at radius 1 is 0.816 bits per heavy atom. The third-order valence-corrected chi connectivity index (χ3v) is 8.37. The summed E-state index contributed by atoms with van der Waals surface area (Å²) in [6.07, 6.45) is 4.40. The lowest BCUT2D eigenvalue weighted by Gasteiger charge is -2.43. The van der Waals surface area contributed by atoms with Crippen LogP contribution in [-0.4, -0.2) is 45.8 Å². The molecule has 1 aliphatic heterocycles. The van der Waals surface area contributed by atoms with Crippen LogP contribution in [0.4, 0.5) is 0 Å². The average Bonchev–Trinajstić information content (AvgIpc) is 3.46. The Morgan fingerprint density at radius 3 is 2.05 bits per heavy atom. The van der Waals surface area contributed by atoms with E-state index in [4.69, 9.17) is 30.5 Å². The number of rotatable bonds is 7. The SMILES string of the molecule is COc1ccc([C@H]2c3cc(OC)c(OC)cc3CCN2C(=O)C2(c3ccc(Cl)cc3)CCCC2)cc1OC. The lowest BCUT2D eigenvalue weighted by atomic mass is 9.76. The molecule has 0 unspecified atom stereocenters. The quantitative estimate of drug-likeness (QED) is 0.352. The zero-order valence-electron chi connectivity index (χ0n) is 22.4. The van der Waals surface area contributed by atoms with E-state index >= 15 is 0 Å². The summed E-state index contributed by atoms with van der Waals surface area (Å²) in [5.41, 5.74) is 3.58. The average molecular weight is 536 g/mol. The monoisotopic (exact) mass is 535 g/mol. The van der Waals surface area contributed by atoms with Gasteiger partial charge in [-0.25, -0.2) is 0 Å². The fourth-order valence-corrected chi connectivity index (χ4v) is 6.32. The maximum Gasteiger partial charge on any atom is 0.234 e. The van der Waals surface area contributed by atoms with E-state index in [0.717, 1.165) is 54.4 Å². The number of hydrogen-bond donors (Lipinski definition) is 0. The van der Waals surface area contributed by atoms with Crippen molar-refractivity contribution in [2.75, 3.05) is 35.0 Å². The molecule has 0 bridgehead atoms. The van der Waals surface area contributed by atoms with Crippen LogP contribution in [0.25, 0.3) is 0 Å². The molecule has 1 saturated carbocycles. The first-order valence-electron chi connectivity index (χ1n) is 13.0. The Morgan fingerprint density at radius 2 is 1.42 bits per heavy atom. The Balaban J connectivity index is 1.67. The zero-order chi connectivity index (χ0) is 26.9. The highest BCUT2D eigenvalue weighted by Gasteiger charge is 2.48. The molecular formula is C31H34ClNO5. The molecule has 0 aromatic heterocycles. The van der Waals surface area contributed by atoms with Gasteiger partial charge in [-0.2, -0.15) is 0 Å². The summed E-state index contributed by atoms with van der Waals surface area (Å²) in [7, 11) is 6.53. The summed E-state index contributed by atoms with van der Waals surface area (Å²) in [5, 5.41) is 0.672. The van der Waals surface area contributed by atoms with E-state index in [1.54, 1.807) is 28.4 Å². The normalized spacial score (nSPS) is 18.0. The van der Waals surface area contributed by atoms with Gasteiger partial charge in [-0.05, 0) is 77.9 Å². The minimum atomic E-state index is -0.576. The first kappa shape index (κ1) is 26.2. The fraction of sp³-hybridized carbons (Fsp3) is 0.387. The molecular weight excluding hydrogens is 502 g/mol. The second kappa shape index (κ2) is 10.8. The topological polar surface area (TPSA) is 57.2 Å². The van der Waals surface area contributed by atoms with Crippen molar-refractivity contribution in [1.82, 2.24) is 4.90 Å². The van der Waals surface area contributed by atoms with Crippen molar-refractivity contribution in [3.8, 4) is 23.0 Å². The number of nitrogens with zero attached hydrogens (tertiary/aromatic N) is 1. The number of methoxy groups -OCH3 is 4. The van der Waals surface area contributed by atoms with Gasteiger partial charge in [-0.15, -0.1) is 0 Å². The molecule has 0 N–H and O–H groups in total. The lowest BCUT2D eigenvalue weighted by Crippen LogP contribution is -2.49. The molecule has 2 aliphatic rings. The Hall–Kier alpha value is -3.38. The number of carbonyl (C=O) groups is 1. The minimum absolute atomic E-state index is 0.151. The van der Waals surface area contributed by atoms with Crippen LogP contribution in [0.2, 0.25) is 5.02 Å². The molecule has 3 aromatic rings. The summed E-state index contributed by atoms with van der Waals surface area (Å²) in [5.74, 6) is 2.74. The van der Waals surface area contributed by atoms with Crippen molar-refractivity contribution in [2.24, 2.45) is 0 Å². The van der Waals surface area contributed by atoms with Gasteiger partial charge in [-0.3, -0.25) is 4.79 Å². The highest BCUT2D eigenvalue weighted by molar-refractivity contribution is 6.30. The Bertz CT molecular complexity index is 1320. The third-order valence-electron chi connectivity index (χ3n) is 8.12. The molecule has 3 aromatic carbocycles. The van der Waals surface area contributed by atoms with Crippen LogP contribution in [0.15, 0.2) is 54.6 Å². The molecule has 0 radical (unpaired) electrons. The molecule has 200 valence electrons. The van der Waals surface area contributed by atoms with Gasteiger partial charge in [0.25, 0.3) is 0 Å². The zero-order valence-corrected chi connectivity index (χ0v) is 23.1. The first-order valence-corrected chi connectivity index (χ1v) is 13.4. The van der Waals surface area contributed by atoms with E-state index in [9.17, 15) is 4.79 Å². The Labute approximate surface area is 229 Å². The molecule has 1 atom stereocenters. The number of benzene rings is 3. The third kappa shape index (κ3) is 4.45. The van der Waals surface area contributed by atoms with Crippen LogP contribution in [0.1, 0.15) is 54.0 Å². The van der Waals surface area contributed by atoms with Crippen LogP contribution in [0.3, 0.4) is 0 Å². The maximum atomic E-state index is 14.7. The van der Waals surface area contributed by atoms with Gasteiger partial charge in [0.15, 0.2) is 23.0 Å². The molecule has 0 saturated heterocycles. The number of fused-ring (bicyclic) bond motifs is 1. The van der Waals surface area contributed by atoms with Gasteiger partial charge in [0.1, 0.15) is 0 Å². The number of halogens is 1. The van der Waals surface area contributed by atoms with Gasteiger partial charge in [0, 0.05) is 11.6 Å². The molecule has 1 heterocycles. The van der Waals surface area contributed by atoms with Gasteiger partial charge in [-0.1, -0.05) is 42.6 Å². The standard InChI is InChI=1S/C31H34ClNO5/c1-35-25-12-7-21(18-26(25)36-2)29-24-19-28(38-4)27(37-3)17-20(24)13-16-33(29)30(34)31(14-5-6-15-31)22-8-10-23(32)11-9-22/h7-12,17-19,29H,5-6,13-16H2,1-4H3/t29-/m0/s1. The van der Waals surface area contributed by atoms with E-state index in [0.29, 0.717) is 34.6 Å². The number of ether oxygens (including phenoxy) is 4. The summed E-state index contributed by atoms with van der Waals surface area (Å²) < 4.78 is 22.4. The van der Waals surface area contributed by atoms with Gasteiger partial charge < -0.3 is 23.8 Å². The van der Waals surface area contributed by atoms with Crippen LogP contribution >= 0.6 is 11.6 Å². The van der Waals surface area contributed by atoms with Crippen molar-refractivity contribution < 1.29 is 23.7 Å². The summed E-state index contributed by atoms with van der Waals surface area (Å²) >= 11 is 6.22. The molecule has 1 fully saturated rings. The van der Waals surface area contributed by atoms with Gasteiger partial charge >= 0.3 is 0 Å². The highest BCUT2D eigenvalue weighted by atomic mass is 35.5. The van der Waals surface area contributed by atoms with Crippen molar-refractivity contribution in [3.63, 3.8) is 0 Å². The molecule has 1 amide bonds. The molecule has 7 heteroatoms. The highest BCUT2D eigenvalue weighted by Crippen LogP contribution is 2.48. The summed E-state index contributed by atoms with van der Waals surface area (Å²) in [6.45, 7) is 0.593. The van der Waals surface area contributed by atoms with E-state index in [-0.39, 0.29) is 11.9 Å². The van der Waals surface area contributed by atoms with E-state index < -0.39 is 5.41 Å². The van der Waals surface area contributed by atoms with E-state index in [1.807, 2.05) is 54.6 Å². The van der Waals surface area contributed by atoms with Crippen LogP contribution in [0.5, 0.6) is 23.0 Å². The number of amides is 1. The van der Waals surface area contributed by atoms with Gasteiger partial charge in [0.05, 0.1) is 39.9 Å². The largest absolute Gasteiger partial charge is 0.493 e. The Kier molecular flexibility index (Phi) is 7.44. The van der Waals surface area contributed by atoms with Crippen LogP contribution in [-0.2, 0) is 16.6 Å². The van der Waals surface area contributed by atoms with Crippen molar-refractivity contribution in [3.05, 3.63) is 81.9 Å². The molecule has 1 aliphatic carbocycles. The van der Waals surface area contributed by atoms with Gasteiger partial charge in [0.2, 0.25) is 5.91 Å². The summed E-state index contributed by atoms with van der Waals surface area (Å²) in [6, 6.07) is 17.4. The second-order valence-electron chi connectivity index (χ2n) is 9.97. The van der Waals surface area contributed by atoms with Crippen LogP contribution < -0.4 is 18.9 Å². The maximum absolute atomic E-state index is 14.7. The van der Waals surface area contributed by atoms with Crippen molar-refractivity contribution >= 4 is 17.5 Å². The molecule has 6 nitrogen and oxygen atoms in total. The lowest BCUT2D eigenvalue weighted by molar-refractivity contribution is -0.139. The minimum Gasteiger partial charge on any atom is -0.493 e. The number of carbonyl (C=O) groups excluding carboxylic acids is 1. The van der Waals surface area contributed by atoms with E-state index in [2.05, 4.69) is 4.90 Å². The predicted molar refractivity (Wildman–Crippen MR) is 148 cm³/mol.